The summed E-state index contributed by atoms with van der Waals surface area (Å²) in [6.45, 7) is 11.0. The highest BCUT2D eigenvalue weighted by Crippen LogP contribution is 2.65. The molecule has 41 heavy (non-hydrogen) atoms. The number of Topliss-reactive ketones (excluding diaryl/α,β-unsaturated/α-hetero) is 1. The van der Waals surface area contributed by atoms with Gasteiger partial charge in [-0.05, 0) is 54.4 Å². The molecular formula is C33H47N3O4S. The molecular weight excluding hydrogens is 534 g/mol. The van der Waals surface area contributed by atoms with E-state index in [0.29, 0.717) is 37.6 Å². The topological polar surface area (TPSA) is 95.6 Å². The number of hydrogen-bond donors (Lipinski definition) is 2. The summed E-state index contributed by atoms with van der Waals surface area (Å²) in [5.41, 5.74) is 1.18. The number of hydrogen-bond acceptors (Lipinski definition) is 5. The molecule has 3 aliphatic rings. The standard InChI is InChI=1S/C33H47N3O4S/c1-5-6-17-26(29(37)31(39)34-18-19-41-21-23-13-9-7-10-14-23)35-30(38)28-27-25(33(27,3)4)20-36(28)32(40)22(2)24-15-11-8-12-16-24/h5,7,9-10,13-14,22,24-28H,1,6,8,11-12,15-21H2,2-4H3,(H,34,39)(H,35,38)/t22-,25-,26?,27-,28-/m0/s1. The number of carbonyl (C=O) groups excluding carboxylic acids is 4. The fourth-order valence-corrected chi connectivity index (χ4v) is 7.79. The monoisotopic (exact) mass is 581 g/mol. The van der Waals surface area contributed by atoms with Gasteiger partial charge in [-0.15, -0.1) is 6.58 Å². The number of piperidine rings is 1. The maximum Gasteiger partial charge on any atom is 0.289 e. The van der Waals surface area contributed by atoms with Crippen molar-refractivity contribution in [3.8, 4) is 0 Å². The predicted molar refractivity (Wildman–Crippen MR) is 164 cm³/mol. The van der Waals surface area contributed by atoms with Gasteiger partial charge in [0.1, 0.15) is 6.04 Å². The molecule has 3 amide bonds. The number of allylic oxidation sites excluding steroid dienone is 1. The van der Waals surface area contributed by atoms with Crippen LogP contribution in [0.15, 0.2) is 43.0 Å². The number of ketones is 1. The minimum atomic E-state index is -0.953. The zero-order valence-electron chi connectivity index (χ0n) is 24.9. The Hall–Kier alpha value is -2.61. The third kappa shape index (κ3) is 7.43. The van der Waals surface area contributed by atoms with Crippen LogP contribution in [-0.2, 0) is 24.9 Å². The zero-order chi connectivity index (χ0) is 29.6. The lowest BCUT2D eigenvalue weighted by molar-refractivity contribution is -0.146. The summed E-state index contributed by atoms with van der Waals surface area (Å²) >= 11 is 1.68. The van der Waals surface area contributed by atoms with Crippen LogP contribution in [0.5, 0.6) is 0 Å². The van der Waals surface area contributed by atoms with E-state index in [-0.39, 0.29) is 35.0 Å². The van der Waals surface area contributed by atoms with E-state index in [1.54, 1.807) is 22.7 Å². The summed E-state index contributed by atoms with van der Waals surface area (Å²) < 4.78 is 0. The van der Waals surface area contributed by atoms with E-state index in [2.05, 4.69) is 43.2 Å². The Morgan fingerprint density at radius 3 is 2.51 bits per heavy atom. The lowest BCUT2D eigenvalue weighted by atomic mass is 9.80. The minimum Gasteiger partial charge on any atom is -0.349 e. The molecule has 0 radical (unpaired) electrons. The molecule has 0 spiro atoms. The summed E-state index contributed by atoms with van der Waals surface area (Å²) in [6, 6.07) is 8.53. The van der Waals surface area contributed by atoms with Crippen LogP contribution >= 0.6 is 11.8 Å². The molecule has 7 nitrogen and oxygen atoms in total. The smallest absolute Gasteiger partial charge is 0.289 e. The van der Waals surface area contributed by atoms with E-state index in [0.717, 1.165) is 31.4 Å². The van der Waals surface area contributed by atoms with Gasteiger partial charge in [-0.2, -0.15) is 11.8 Å². The maximum atomic E-state index is 13.8. The van der Waals surface area contributed by atoms with E-state index < -0.39 is 23.8 Å². The summed E-state index contributed by atoms with van der Waals surface area (Å²) in [4.78, 5) is 55.3. The van der Waals surface area contributed by atoms with Crippen molar-refractivity contribution >= 4 is 35.3 Å². The largest absolute Gasteiger partial charge is 0.349 e. The fourth-order valence-electron chi connectivity index (χ4n) is 6.97. The second-order valence-electron chi connectivity index (χ2n) is 12.7. The first-order valence-corrected chi connectivity index (χ1v) is 16.5. The predicted octanol–water partition coefficient (Wildman–Crippen LogP) is 4.76. The highest BCUT2D eigenvalue weighted by molar-refractivity contribution is 7.98. The number of nitrogens with one attached hydrogen (secondary N) is 2. The Labute approximate surface area is 249 Å². The Bertz CT molecular complexity index is 1100. The van der Waals surface area contributed by atoms with Crippen molar-refractivity contribution in [2.24, 2.45) is 29.1 Å². The molecule has 5 atom stereocenters. The van der Waals surface area contributed by atoms with Crippen LogP contribution in [0.1, 0.15) is 71.3 Å². The highest BCUT2D eigenvalue weighted by Gasteiger charge is 2.69. The third-order valence-electron chi connectivity index (χ3n) is 9.67. The molecule has 4 rings (SSSR count). The molecule has 1 unspecified atom stereocenters. The number of fused-ring (bicyclic) bond motifs is 1. The number of nitrogens with zero attached hydrogens (tertiary/aromatic N) is 1. The van der Waals surface area contributed by atoms with Gasteiger partial charge in [-0.3, -0.25) is 19.2 Å². The van der Waals surface area contributed by atoms with Gasteiger partial charge in [0.2, 0.25) is 17.6 Å². The molecule has 224 valence electrons. The number of thioether (sulfide) groups is 1. The van der Waals surface area contributed by atoms with E-state index >= 15 is 0 Å². The number of rotatable bonds is 14. The first kappa shape index (κ1) is 31.3. The molecule has 3 fully saturated rings. The van der Waals surface area contributed by atoms with Crippen molar-refractivity contribution in [3.05, 3.63) is 48.6 Å². The molecule has 2 N–H and O–H groups in total. The Morgan fingerprint density at radius 1 is 1.12 bits per heavy atom. The first-order chi connectivity index (χ1) is 19.7. The molecule has 8 heteroatoms. The maximum absolute atomic E-state index is 13.8. The number of benzene rings is 1. The summed E-state index contributed by atoms with van der Waals surface area (Å²) in [5, 5.41) is 5.63. The van der Waals surface area contributed by atoms with Gasteiger partial charge in [0.15, 0.2) is 0 Å². The van der Waals surface area contributed by atoms with Gasteiger partial charge >= 0.3 is 0 Å². The van der Waals surface area contributed by atoms with Crippen molar-refractivity contribution in [1.29, 1.82) is 0 Å². The average molecular weight is 582 g/mol. The molecule has 0 bridgehead atoms. The summed E-state index contributed by atoms with van der Waals surface area (Å²) in [6.07, 6.45) is 8.13. The molecule has 1 aliphatic heterocycles. The highest BCUT2D eigenvalue weighted by atomic mass is 32.2. The number of carbonyl (C=O) groups is 4. The van der Waals surface area contributed by atoms with E-state index in [1.807, 2.05) is 25.1 Å². The lowest BCUT2D eigenvalue weighted by Crippen LogP contribution is -2.56. The average Bonchev–Trinajstić information content (AvgIpc) is 3.30. The molecule has 1 heterocycles. The van der Waals surface area contributed by atoms with Crippen molar-refractivity contribution in [2.75, 3.05) is 18.8 Å². The fraction of sp³-hybridized carbons (Fsp3) is 0.636. The Kier molecular flexibility index (Phi) is 10.7. The second-order valence-corrected chi connectivity index (χ2v) is 13.8. The number of amides is 3. The molecule has 2 aliphatic carbocycles. The summed E-state index contributed by atoms with van der Waals surface area (Å²) in [7, 11) is 0. The molecule has 1 saturated heterocycles. The van der Waals surface area contributed by atoms with Gasteiger partial charge in [0.05, 0.1) is 6.04 Å². The van der Waals surface area contributed by atoms with Crippen molar-refractivity contribution < 1.29 is 19.2 Å². The molecule has 2 saturated carbocycles. The van der Waals surface area contributed by atoms with Crippen LogP contribution in [0.4, 0.5) is 0 Å². The second kappa shape index (κ2) is 14.0. The van der Waals surface area contributed by atoms with Crippen LogP contribution < -0.4 is 10.6 Å². The van der Waals surface area contributed by atoms with E-state index in [9.17, 15) is 19.2 Å². The van der Waals surface area contributed by atoms with Gasteiger partial charge in [0.25, 0.3) is 5.91 Å². The van der Waals surface area contributed by atoms with Crippen molar-refractivity contribution in [2.45, 2.75) is 83.6 Å². The Balaban J connectivity index is 1.36. The summed E-state index contributed by atoms with van der Waals surface area (Å²) in [5.74, 6) is 0.499. The van der Waals surface area contributed by atoms with Crippen molar-refractivity contribution in [1.82, 2.24) is 15.5 Å². The minimum absolute atomic E-state index is 0.0255. The van der Waals surface area contributed by atoms with Gasteiger partial charge in [-0.1, -0.05) is 76.4 Å². The van der Waals surface area contributed by atoms with Crippen LogP contribution in [0, 0.1) is 29.1 Å². The van der Waals surface area contributed by atoms with Crippen LogP contribution in [0.2, 0.25) is 0 Å². The van der Waals surface area contributed by atoms with Crippen LogP contribution in [-0.4, -0.2) is 59.3 Å². The molecule has 1 aromatic carbocycles. The van der Waals surface area contributed by atoms with Crippen LogP contribution in [0.25, 0.3) is 0 Å². The molecule has 1 aromatic rings. The molecule has 0 aromatic heterocycles. The number of likely N-dealkylation sites (tertiary alicyclic amines) is 1. The van der Waals surface area contributed by atoms with Crippen LogP contribution in [0.3, 0.4) is 0 Å². The SMILES string of the molecule is C=CCCC(NC(=O)[C@@H]1[C@@H]2[C@H](CN1C(=O)[C@@H](C)C1CCCCC1)C2(C)C)C(=O)C(=O)NCCSCc1ccccc1. The normalized spacial score (nSPS) is 24.6. The van der Waals surface area contributed by atoms with Gasteiger partial charge in [0, 0.05) is 30.5 Å². The first-order valence-electron chi connectivity index (χ1n) is 15.3. The van der Waals surface area contributed by atoms with Gasteiger partial charge < -0.3 is 15.5 Å². The van der Waals surface area contributed by atoms with E-state index in [1.165, 1.54) is 12.0 Å². The van der Waals surface area contributed by atoms with Crippen molar-refractivity contribution in [3.63, 3.8) is 0 Å². The zero-order valence-corrected chi connectivity index (χ0v) is 25.7. The lowest BCUT2D eigenvalue weighted by Gasteiger charge is -2.35. The Morgan fingerprint density at radius 2 is 1.83 bits per heavy atom. The van der Waals surface area contributed by atoms with E-state index in [4.69, 9.17) is 0 Å². The third-order valence-corrected chi connectivity index (χ3v) is 10.7. The van der Waals surface area contributed by atoms with Gasteiger partial charge in [-0.25, -0.2) is 0 Å². The quantitative estimate of drug-likeness (QED) is 0.188.